The van der Waals surface area contributed by atoms with Gasteiger partial charge in [0.05, 0.1) is 13.2 Å². The zero-order chi connectivity index (χ0) is 16.2. The molecule has 1 aliphatic rings. The molecule has 0 radical (unpaired) electrons. The Labute approximate surface area is 133 Å². The summed E-state index contributed by atoms with van der Waals surface area (Å²) in [5.74, 6) is 1.05. The van der Waals surface area contributed by atoms with Crippen molar-refractivity contribution in [1.29, 1.82) is 0 Å². The summed E-state index contributed by atoms with van der Waals surface area (Å²) in [6.07, 6.45) is 2.23. The van der Waals surface area contributed by atoms with Crippen LogP contribution in [-0.4, -0.2) is 37.0 Å². The summed E-state index contributed by atoms with van der Waals surface area (Å²) in [6.45, 7) is 8.70. The van der Waals surface area contributed by atoms with Crippen LogP contribution in [0.4, 0.5) is 0 Å². The molecule has 1 fully saturated rings. The predicted molar refractivity (Wildman–Crippen MR) is 88.9 cm³/mol. The Balaban J connectivity index is 2.07. The molecular formula is C18H28N2O2. The maximum atomic E-state index is 12.9. The summed E-state index contributed by atoms with van der Waals surface area (Å²) < 4.78 is 5.18. The lowest BCUT2D eigenvalue weighted by Crippen LogP contribution is -2.56. The van der Waals surface area contributed by atoms with Gasteiger partial charge in [-0.2, -0.15) is 0 Å². The maximum absolute atomic E-state index is 12.9. The standard InChI is InChI=1S/C18H28N2O2/c1-5-20(13-14-7-9-15(22-4)10-8-14)17(21)16-18(2,3)11-6-12-19-16/h7-10,16,19H,5-6,11-13H2,1-4H3. The molecule has 22 heavy (non-hydrogen) atoms. The smallest absolute Gasteiger partial charge is 0.240 e. The van der Waals surface area contributed by atoms with Crippen molar-refractivity contribution in [3.8, 4) is 5.75 Å². The van der Waals surface area contributed by atoms with Crippen LogP contribution in [0.15, 0.2) is 24.3 Å². The number of methoxy groups -OCH3 is 1. The molecule has 1 N–H and O–H groups in total. The van der Waals surface area contributed by atoms with Gasteiger partial charge in [-0.1, -0.05) is 26.0 Å². The Morgan fingerprint density at radius 3 is 2.59 bits per heavy atom. The van der Waals surface area contributed by atoms with Gasteiger partial charge in [0.1, 0.15) is 5.75 Å². The first-order chi connectivity index (χ1) is 10.5. The second kappa shape index (κ2) is 7.14. The van der Waals surface area contributed by atoms with Crippen LogP contribution in [0.3, 0.4) is 0 Å². The van der Waals surface area contributed by atoms with E-state index < -0.39 is 0 Å². The third-order valence-corrected chi connectivity index (χ3v) is 4.60. The van der Waals surface area contributed by atoms with Crippen molar-refractivity contribution in [1.82, 2.24) is 10.2 Å². The van der Waals surface area contributed by atoms with Crippen molar-refractivity contribution in [2.75, 3.05) is 20.2 Å². The number of carbonyl (C=O) groups is 1. The summed E-state index contributed by atoms with van der Waals surface area (Å²) in [7, 11) is 1.66. The van der Waals surface area contributed by atoms with Gasteiger partial charge in [0.15, 0.2) is 0 Å². The number of benzene rings is 1. The van der Waals surface area contributed by atoms with Crippen molar-refractivity contribution < 1.29 is 9.53 Å². The van der Waals surface area contributed by atoms with Gasteiger partial charge in [-0.25, -0.2) is 0 Å². The molecule has 1 aromatic rings. The number of likely N-dealkylation sites (N-methyl/N-ethyl adjacent to an activating group) is 1. The molecule has 0 bridgehead atoms. The minimum Gasteiger partial charge on any atom is -0.497 e. The first kappa shape index (κ1) is 16.8. The summed E-state index contributed by atoms with van der Waals surface area (Å²) in [5, 5.41) is 3.42. The van der Waals surface area contributed by atoms with Crippen LogP contribution in [0, 0.1) is 5.41 Å². The lowest BCUT2D eigenvalue weighted by atomic mass is 9.77. The van der Waals surface area contributed by atoms with Crippen LogP contribution in [0.1, 0.15) is 39.2 Å². The molecule has 0 aliphatic carbocycles. The van der Waals surface area contributed by atoms with Gasteiger partial charge in [0.25, 0.3) is 0 Å². The lowest BCUT2D eigenvalue weighted by molar-refractivity contribution is -0.137. The Bertz CT molecular complexity index is 496. The molecule has 1 amide bonds. The van der Waals surface area contributed by atoms with Crippen LogP contribution in [0.2, 0.25) is 0 Å². The number of rotatable bonds is 5. The van der Waals surface area contributed by atoms with Crippen molar-refractivity contribution in [3.05, 3.63) is 29.8 Å². The van der Waals surface area contributed by atoms with E-state index in [4.69, 9.17) is 4.74 Å². The fraction of sp³-hybridized carbons (Fsp3) is 0.611. The van der Waals surface area contributed by atoms with E-state index in [-0.39, 0.29) is 17.4 Å². The van der Waals surface area contributed by atoms with Gasteiger partial charge in [-0.3, -0.25) is 4.79 Å². The Kier molecular flexibility index (Phi) is 5.46. The van der Waals surface area contributed by atoms with Crippen LogP contribution in [0.5, 0.6) is 5.75 Å². The molecule has 4 nitrogen and oxygen atoms in total. The SMILES string of the molecule is CCN(Cc1ccc(OC)cc1)C(=O)C1NCCCC1(C)C. The molecular weight excluding hydrogens is 276 g/mol. The Hall–Kier alpha value is -1.55. The zero-order valence-electron chi connectivity index (χ0n) is 14.2. The number of hydrogen-bond acceptors (Lipinski definition) is 3. The van der Waals surface area contributed by atoms with Gasteiger partial charge >= 0.3 is 0 Å². The molecule has 0 aromatic heterocycles. The van der Waals surface area contributed by atoms with Gasteiger partial charge in [0, 0.05) is 13.1 Å². The molecule has 1 saturated heterocycles. The van der Waals surface area contributed by atoms with Crippen molar-refractivity contribution >= 4 is 5.91 Å². The normalized spacial score (nSPS) is 20.5. The van der Waals surface area contributed by atoms with Crippen molar-refractivity contribution in [2.45, 2.75) is 46.2 Å². The largest absolute Gasteiger partial charge is 0.497 e. The van der Waals surface area contributed by atoms with Gasteiger partial charge in [0.2, 0.25) is 5.91 Å². The van der Waals surface area contributed by atoms with E-state index in [2.05, 4.69) is 19.2 Å². The molecule has 1 heterocycles. The zero-order valence-corrected chi connectivity index (χ0v) is 14.2. The summed E-state index contributed by atoms with van der Waals surface area (Å²) >= 11 is 0. The van der Waals surface area contributed by atoms with Gasteiger partial charge < -0.3 is 15.0 Å². The van der Waals surface area contributed by atoms with E-state index in [1.165, 1.54) is 0 Å². The highest BCUT2D eigenvalue weighted by molar-refractivity contribution is 5.83. The summed E-state index contributed by atoms with van der Waals surface area (Å²) in [5.41, 5.74) is 1.15. The summed E-state index contributed by atoms with van der Waals surface area (Å²) in [4.78, 5) is 14.8. The maximum Gasteiger partial charge on any atom is 0.240 e. The van der Waals surface area contributed by atoms with Gasteiger partial charge in [-0.15, -0.1) is 0 Å². The number of nitrogens with one attached hydrogen (secondary N) is 1. The number of ether oxygens (including phenoxy) is 1. The highest BCUT2D eigenvalue weighted by Gasteiger charge is 2.38. The molecule has 122 valence electrons. The second-order valence-corrected chi connectivity index (χ2v) is 6.68. The van der Waals surface area contributed by atoms with Crippen molar-refractivity contribution in [2.24, 2.45) is 5.41 Å². The number of amides is 1. The lowest BCUT2D eigenvalue weighted by Gasteiger charge is -2.40. The van der Waals surface area contributed by atoms with E-state index >= 15 is 0 Å². The number of piperidine rings is 1. The third-order valence-electron chi connectivity index (χ3n) is 4.60. The van der Waals surface area contributed by atoms with Crippen molar-refractivity contribution in [3.63, 3.8) is 0 Å². The monoisotopic (exact) mass is 304 g/mol. The third kappa shape index (κ3) is 3.80. The first-order valence-electron chi connectivity index (χ1n) is 8.13. The molecule has 4 heteroatoms. The molecule has 2 rings (SSSR count). The topological polar surface area (TPSA) is 41.6 Å². The van der Waals surface area contributed by atoms with E-state index in [1.54, 1.807) is 7.11 Å². The molecule has 0 saturated carbocycles. The Morgan fingerprint density at radius 2 is 2.05 bits per heavy atom. The fourth-order valence-electron chi connectivity index (χ4n) is 3.11. The molecule has 0 spiro atoms. The number of carbonyl (C=O) groups excluding carboxylic acids is 1. The van der Waals surface area contributed by atoms with Crippen LogP contribution < -0.4 is 10.1 Å². The number of nitrogens with zero attached hydrogens (tertiary/aromatic N) is 1. The minimum atomic E-state index is -0.0838. The molecule has 1 atom stereocenters. The minimum absolute atomic E-state index is 0.0165. The summed E-state index contributed by atoms with van der Waals surface area (Å²) in [6, 6.07) is 7.84. The van der Waals surface area contributed by atoms with E-state index in [0.29, 0.717) is 6.54 Å². The highest BCUT2D eigenvalue weighted by Crippen LogP contribution is 2.31. The molecule has 1 unspecified atom stereocenters. The van der Waals surface area contributed by atoms with Crippen LogP contribution in [0.25, 0.3) is 0 Å². The van der Waals surface area contributed by atoms with E-state index in [1.807, 2.05) is 36.1 Å². The van der Waals surface area contributed by atoms with Crippen LogP contribution >= 0.6 is 0 Å². The van der Waals surface area contributed by atoms with E-state index in [9.17, 15) is 4.79 Å². The molecule has 1 aliphatic heterocycles. The van der Waals surface area contributed by atoms with E-state index in [0.717, 1.165) is 37.2 Å². The predicted octanol–water partition coefficient (Wildman–Crippen LogP) is 2.82. The van der Waals surface area contributed by atoms with Crippen LogP contribution in [-0.2, 0) is 11.3 Å². The first-order valence-corrected chi connectivity index (χ1v) is 8.13. The Morgan fingerprint density at radius 1 is 1.36 bits per heavy atom. The molecule has 1 aromatic carbocycles. The average Bonchev–Trinajstić information content (AvgIpc) is 2.52. The quantitative estimate of drug-likeness (QED) is 0.909. The average molecular weight is 304 g/mol. The highest BCUT2D eigenvalue weighted by atomic mass is 16.5. The number of hydrogen-bond donors (Lipinski definition) is 1. The second-order valence-electron chi connectivity index (χ2n) is 6.68. The fourth-order valence-corrected chi connectivity index (χ4v) is 3.11. The van der Waals surface area contributed by atoms with Gasteiger partial charge in [-0.05, 0) is 49.4 Å².